The molecule has 3 aromatic carbocycles. The maximum atomic E-state index is 13.5. The van der Waals surface area contributed by atoms with E-state index in [1.54, 1.807) is 42.5 Å². The highest BCUT2D eigenvalue weighted by molar-refractivity contribution is 7.80. The zero-order chi connectivity index (χ0) is 28.1. The first kappa shape index (κ1) is 28.6. The molecule has 10 heteroatoms. The largest absolute Gasteiger partial charge is 0.490 e. The Morgan fingerprint density at radius 2 is 1.79 bits per heavy atom. The average Bonchev–Trinajstić information content (AvgIpc) is 2.90. The molecular formula is C29H23Cl3N2O4S. The predicted octanol–water partition coefficient (Wildman–Crippen LogP) is 7.18. The molecule has 39 heavy (non-hydrogen) atoms. The van der Waals surface area contributed by atoms with Gasteiger partial charge < -0.3 is 9.47 Å². The van der Waals surface area contributed by atoms with Crippen LogP contribution in [0, 0.1) is 0 Å². The van der Waals surface area contributed by atoms with Crippen molar-refractivity contribution >= 4 is 75.7 Å². The van der Waals surface area contributed by atoms with Crippen molar-refractivity contribution in [2.45, 2.75) is 20.0 Å². The molecular weight excluding hydrogens is 579 g/mol. The Kier molecular flexibility index (Phi) is 9.30. The second kappa shape index (κ2) is 12.7. The van der Waals surface area contributed by atoms with Gasteiger partial charge in [0.15, 0.2) is 16.6 Å². The summed E-state index contributed by atoms with van der Waals surface area (Å²) < 4.78 is 12.1. The van der Waals surface area contributed by atoms with Crippen molar-refractivity contribution in [2.24, 2.45) is 0 Å². The van der Waals surface area contributed by atoms with E-state index in [0.717, 1.165) is 16.0 Å². The fraction of sp³-hybridized carbons (Fsp3) is 0.138. The van der Waals surface area contributed by atoms with Gasteiger partial charge in [0.1, 0.15) is 12.2 Å². The average molecular weight is 602 g/mol. The fourth-order valence-electron chi connectivity index (χ4n) is 3.94. The number of halogens is 3. The molecule has 1 fully saturated rings. The van der Waals surface area contributed by atoms with Crippen LogP contribution in [-0.4, -0.2) is 23.5 Å². The molecule has 1 N–H and O–H groups in total. The number of anilines is 1. The van der Waals surface area contributed by atoms with Crippen LogP contribution < -0.4 is 19.7 Å². The van der Waals surface area contributed by atoms with Crippen molar-refractivity contribution in [1.29, 1.82) is 0 Å². The van der Waals surface area contributed by atoms with E-state index in [1.807, 2.05) is 25.1 Å². The van der Waals surface area contributed by atoms with Gasteiger partial charge in [0.25, 0.3) is 11.8 Å². The van der Waals surface area contributed by atoms with Gasteiger partial charge in [0.05, 0.1) is 22.3 Å². The summed E-state index contributed by atoms with van der Waals surface area (Å²) in [6.07, 6.45) is 3.67. The van der Waals surface area contributed by atoms with Gasteiger partial charge in [0.2, 0.25) is 0 Å². The number of amides is 2. The lowest BCUT2D eigenvalue weighted by molar-refractivity contribution is -0.122. The van der Waals surface area contributed by atoms with Crippen molar-refractivity contribution in [3.05, 3.63) is 105 Å². The Hall–Kier alpha value is -3.36. The van der Waals surface area contributed by atoms with Gasteiger partial charge >= 0.3 is 0 Å². The van der Waals surface area contributed by atoms with Gasteiger partial charge in [-0.3, -0.25) is 19.8 Å². The first-order chi connectivity index (χ1) is 18.7. The van der Waals surface area contributed by atoms with Crippen LogP contribution in [0.3, 0.4) is 0 Å². The van der Waals surface area contributed by atoms with Gasteiger partial charge in [-0.25, -0.2) is 0 Å². The molecule has 0 unspecified atom stereocenters. The molecule has 0 spiro atoms. The van der Waals surface area contributed by atoms with Crippen molar-refractivity contribution < 1.29 is 19.1 Å². The van der Waals surface area contributed by atoms with Gasteiger partial charge in [0, 0.05) is 10.6 Å². The lowest BCUT2D eigenvalue weighted by Gasteiger charge is -2.29. The van der Waals surface area contributed by atoms with E-state index in [4.69, 9.17) is 56.5 Å². The molecule has 0 aromatic heterocycles. The molecule has 200 valence electrons. The summed E-state index contributed by atoms with van der Waals surface area (Å²) in [5, 5.41) is 3.48. The van der Waals surface area contributed by atoms with Crippen molar-refractivity contribution in [3.63, 3.8) is 0 Å². The molecule has 0 aliphatic carbocycles. The van der Waals surface area contributed by atoms with E-state index < -0.39 is 11.8 Å². The third kappa shape index (κ3) is 6.45. The van der Waals surface area contributed by atoms with E-state index in [9.17, 15) is 9.59 Å². The maximum absolute atomic E-state index is 13.5. The normalized spacial score (nSPS) is 14.4. The molecule has 0 atom stereocenters. The number of hydrogen-bond acceptors (Lipinski definition) is 5. The number of ether oxygens (including phenoxy) is 2. The third-order valence-corrected chi connectivity index (χ3v) is 7.04. The molecule has 1 heterocycles. The smallest absolute Gasteiger partial charge is 0.270 e. The molecule has 1 aliphatic heterocycles. The Balaban J connectivity index is 1.73. The van der Waals surface area contributed by atoms with Gasteiger partial charge in [-0.15, -0.1) is 6.58 Å². The van der Waals surface area contributed by atoms with Gasteiger partial charge in [-0.1, -0.05) is 59.1 Å². The summed E-state index contributed by atoms with van der Waals surface area (Å²) in [6.45, 7) is 6.36. The molecule has 2 amide bonds. The Labute approximate surface area is 246 Å². The van der Waals surface area contributed by atoms with Crippen molar-refractivity contribution in [2.75, 3.05) is 11.5 Å². The summed E-state index contributed by atoms with van der Waals surface area (Å²) in [6, 6.07) is 15.7. The number of rotatable bonds is 9. The van der Waals surface area contributed by atoms with Crippen LogP contribution in [0.1, 0.15) is 23.6 Å². The Morgan fingerprint density at radius 3 is 2.49 bits per heavy atom. The van der Waals surface area contributed by atoms with Crippen LogP contribution in [0.25, 0.3) is 6.08 Å². The van der Waals surface area contributed by atoms with Crippen LogP contribution in [0.4, 0.5) is 5.69 Å². The number of thiocarbonyl (C=S) groups is 1. The SMILES string of the molecule is C=CCc1cc(/C=C2\C(=O)NC(=S)N(c3cccc(Cl)c3Cl)C2=O)cc(OCC)c1OCc1ccc(Cl)cc1. The number of allylic oxidation sites excluding steroid dienone is 1. The van der Waals surface area contributed by atoms with Crippen LogP contribution in [-0.2, 0) is 22.6 Å². The summed E-state index contributed by atoms with van der Waals surface area (Å²) in [5.74, 6) is -0.265. The van der Waals surface area contributed by atoms with Crippen LogP contribution >= 0.6 is 47.0 Å². The molecule has 6 nitrogen and oxygen atoms in total. The summed E-state index contributed by atoms with van der Waals surface area (Å²) in [4.78, 5) is 27.5. The van der Waals surface area contributed by atoms with E-state index in [0.29, 0.717) is 35.1 Å². The fourth-order valence-corrected chi connectivity index (χ4v) is 4.72. The lowest BCUT2D eigenvalue weighted by Crippen LogP contribution is -2.54. The van der Waals surface area contributed by atoms with E-state index in [-0.39, 0.29) is 33.0 Å². The quantitative estimate of drug-likeness (QED) is 0.122. The number of nitrogens with zero attached hydrogens (tertiary/aromatic N) is 1. The molecule has 0 saturated carbocycles. The minimum absolute atomic E-state index is 0.0976. The highest BCUT2D eigenvalue weighted by atomic mass is 35.5. The predicted molar refractivity (Wildman–Crippen MR) is 160 cm³/mol. The van der Waals surface area contributed by atoms with Crippen molar-refractivity contribution in [3.8, 4) is 11.5 Å². The second-order valence-corrected chi connectivity index (χ2v) is 9.99. The zero-order valence-corrected chi connectivity index (χ0v) is 23.9. The summed E-state index contributed by atoms with van der Waals surface area (Å²) in [7, 11) is 0. The van der Waals surface area contributed by atoms with Crippen LogP contribution in [0.2, 0.25) is 15.1 Å². The number of carbonyl (C=O) groups is 2. The number of nitrogens with one attached hydrogen (secondary N) is 1. The minimum Gasteiger partial charge on any atom is -0.490 e. The molecule has 1 saturated heterocycles. The van der Waals surface area contributed by atoms with Crippen LogP contribution in [0.5, 0.6) is 11.5 Å². The lowest BCUT2D eigenvalue weighted by atomic mass is 10.0. The topological polar surface area (TPSA) is 67.9 Å². The highest BCUT2D eigenvalue weighted by Crippen LogP contribution is 2.37. The maximum Gasteiger partial charge on any atom is 0.270 e. The summed E-state index contributed by atoms with van der Waals surface area (Å²) in [5.41, 5.74) is 2.38. The molecule has 0 radical (unpaired) electrons. The number of hydrogen-bond donors (Lipinski definition) is 1. The van der Waals surface area contributed by atoms with E-state index in [1.165, 1.54) is 6.08 Å². The standard InChI is InChI=1S/C29H23Cl3N2O4S/c1-3-6-19-13-18(15-24(37-4-2)26(19)38-16-17-9-11-20(30)12-10-17)14-21-27(35)33-29(39)34(28(21)36)23-8-5-7-22(31)25(23)32/h3,5,7-15H,1,4,6,16H2,2H3,(H,33,35,39)/b21-14+. The zero-order valence-electron chi connectivity index (χ0n) is 20.8. The van der Waals surface area contributed by atoms with Crippen molar-refractivity contribution in [1.82, 2.24) is 5.32 Å². The van der Waals surface area contributed by atoms with Gasteiger partial charge in [-0.2, -0.15) is 0 Å². The molecule has 0 bridgehead atoms. The van der Waals surface area contributed by atoms with Gasteiger partial charge in [-0.05, 0) is 79.2 Å². The minimum atomic E-state index is -0.640. The highest BCUT2D eigenvalue weighted by Gasteiger charge is 2.35. The monoisotopic (exact) mass is 600 g/mol. The number of carbonyl (C=O) groups excluding carboxylic acids is 2. The first-order valence-corrected chi connectivity index (χ1v) is 13.4. The third-order valence-electron chi connectivity index (χ3n) is 5.70. The summed E-state index contributed by atoms with van der Waals surface area (Å²) >= 11 is 23.8. The van der Waals surface area contributed by atoms with Crippen LogP contribution in [0.15, 0.2) is 72.8 Å². The molecule has 1 aliphatic rings. The van der Waals surface area contributed by atoms with E-state index >= 15 is 0 Å². The number of benzene rings is 3. The molecule has 3 aromatic rings. The Morgan fingerprint density at radius 1 is 1.05 bits per heavy atom. The van der Waals surface area contributed by atoms with E-state index in [2.05, 4.69) is 11.9 Å². The second-order valence-electron chi connectivity index (χ2n) is 8.38. The first-order valence-electron chi connectivity index (χ1n) is 11.9. The Bertz CT molecular complexity index is 1490. The molecule has 4 rings (SSSR count).